The molecular formula is C22H22N2O2. The summed E-state index contributed by atoms with van der Waals surface area (Å²) in [7, 11) is 0. The van der Waals surface area contributed by atoms with Gasteiger partial charge in [0.05, 0.1) is 0 Å². The Kier molecular flexibility index (Phi) is 5.54. The number of urea groups is 1. The zero-order valence-corrected chi connectivity index (χ0v) is 15.0. The highest BCUT2D eigenvalue weighted by molar-refractivity contribution is 5.99. The quantitative estimate of drug-likeness (QED) is 0.596. The molecule has 26 heavy (non-hydrogen) atoms. The minimum absolute atomic E-state index is 0.280. The smallest absolute Gasteiger partial charge is 0.323 e. The number of carbonyl (C=O) groups excluding carboxylic acids is 1. The van der Waals surface area contributed by atoms with Gasteiger partial charge in [0, 0.05) is 11.4 Å². The minimum atomic E-state index is -0.280. The molecule has 0 aromatic heterocycles. The Balaban J connectivity index is 1.56. The van der Waals surface area contributed by atoms with Crippen LogP contribution < -0.4 is 15.4 Å². The van der Waals surface area contributed by atoms with Crippen molar-refractivity contribution in [2.45, 2.75) is 20.3 Å². The Labute approximate surface area is 153 Å². The van der Waals surface area contributed by atoms with Crippen LogP contribution in [0.2, 0.25) is 0 Å². The van der Waals surface area contributed by atoms with E-state index in [0.717, 1.165) is 29.2 Å². The maximum Gasteiger partial charge on any atom is 0.323 e. The molecule has 0 radical (unpaired) electrons. The topological polar surface area (TPSA) is 50.4 Å². The lowest BCUT2D eigenvalue weighted by molar-refractivity contribution is 0.262. The summed E-state index contributed by atoms with van der Waals surface area (Å²) in [6.45, 7) is 4.13. The van der Waals surface area contributed by atoms with Crippen LogP contribution in [0.15, 0.2) is 72.8 Å². The number of anilines is 2. The van der Waals surface area contributed by atoms with E-state index in [9.17, 15) is 4.79 Å². The van der Waals surface area contributed by atoms with Gasteiger partial charge in [-0.2, -0.15) is 0 Å². The van der Waals surface area contributed by atoms with Crippen LogP contribution in [0.3, 0.4) is 0 Å². The van der Waals surface area contributed by atoms with E-state index in [1.54, 1.807) is 0 Å². The van der Waals surface area contributed by atoms with Gasteiger partial charge in [0.25, 0.3) is 0 Å². The van der Waals surface area contributed by atoms with Gasteiger partial charge in [0.15, 0.2) is 0 Å². The second-order valence-electron chi connectivity index (χ2n) is 6.07. The third kappa shape index (κ3) is 4.86. The standard InChI is InChI=1S/C22H22N2O2/c1-3-17-6-12-20(13-7-17)26-21-14-10-19(11-15-21)24-22(25)23-18-8-4-16(2)5-9-18/h4-15H,3H2,1-2H3,(H2,23,24,25). The van der Waals surface area contributed by atoms with E-state index >= 15 is 0 Å². The van der Waals surface area contributed by atoms with Crippen LogP contribution in [0.25, 0.3) is 0 Å². The fourth-order valence-corrected chi connectivity index (χ4v) is 2.47. The van der Waals surface area contributed by atoms with Crippen molar-refractivity contribution in [3.63, 3.8) is 0 Å². The van der Waals surface area contributed by atoms with E-state index in [0.29, 0.717) is 5.69 Å². The van der Waals surface area contributed by atoms with Crippen LogP contribution in [0.5, 0.6) is 11.5 Å². The zero-order chi connectivity index (χ0) is 18.4. The summed E-state index contributed by atoms with van der Waals surface area (Å²) in [4.78, 5) is 12.0. The first-order chi connectivity index (χ1) is 12.6. The molecule has 0 atom stereocenters. The Hall–Kier alpha value is -3.27. The molecule has 132 valence electrons. The molecule has 0 aliphatic carbocycles. The predicted molar refractivity (Wildman–Crippen MR) is 106 cm³/mol. The van der Waals surface area contributed by atoms with Gasteiger partial charge in [-0.05, 0) is 67.4 Å². The number of nitrogens with one attached hydrogen (secondary N) is 2. The molecule has 0 aliphatic rings. The fraction of sp³-hybridized carbons (Fsp3) is 0.136. The number of ether oxygens (including phenoxy) is 1. The highest BCUT2D eigenvalue weighted by atomic mass is 16.5. The highest BCUT2D eigenvalue weighted by Gasteiger charge is 2.03. The molecule has 0 spiro atoms. The SMILES string of the molecule is CCc1ccc(Oc2ccc(NC(=O)Nc3ccc(C)cc3)cc2)cc1. The molecule has 3 rings (SSSR count). The number of carbonyl (C=O) groups is 1. The molecule has 0 heterocycles. The van der Waals surface area contributed by atoms with E-state index in [2.05, 4.69) is 29.7 Å². The van der Waals surface area contributed by atoms with Gasteiger partial charge in [0.1, 0.15) is 11.5 Å². The number of amides is 2. The first kappa shape index (κ1) is 17.5. The summed E-state index contributed by atoms with van der Waals surface area (Å²) in [5.41, 5.74) is 3.87. The normalized spacial score (nSPS) is 10.2. The first-order valence-corrected chi connectivity index (χ1v) is 8.64. The van der Waals surface area contributed by atoms with E-state index in [1.165, 1.54) is 5.56 Å². The summed E-state index contributed by atoms with van der Waals surface area (Å²) < 4.78 is 5.82. The summed E-state index contributed by atoms with van der Waals surface area (Å²) in [5.74, 6) is 1.51. The van der Waals surface area contributed by atoms with Gasteiger partial charge in [-0.1, -0.05) is 36.8 Å². The molecule has 2 N–H and O–H groups in total. The molecule has 4 nitrogen and oxygen atoms in total. The molecule has 3 aromatic rings. The van der Waals surface area contributed by atoms with Crippen LogP contribution in [0, 0.1) is 6.92 Å². The van der Waals surface area contributed by atoms with Crippen LogP contribution in [-0.2, 0) is 6.42 Å². The molecule has 2 amide bonds. The third-order valence-electron chi connectivity index (χ3n) is 3.99. The van der Waals surface area contributed by atoms with E-state index in [1.807, 2.05) is 67.6 Å². The van der Waals surface area contributed by atoms with Crippen molar-refractivity contribution < 1.29 is 9.53 Å². The Morgan fingerprint density at radius 3 is 1.73 bits per heavy atom. The lowest BCUT2D eigenvalue weighted by Gasteiger charge is -2.10. The number of rotatable bonds is 5. The van der Waals surface area contributed by atoms with E-state index < -0.39 is 0 Å². The van der Waals surface area contributed by atoms with Crippen molar-refractivity contribution in [3.8, 4) is 11.5 Å². The minimum Gasteiger partial charge on any atom is -0.457 e. The van der Waals surface area contributed by atoms with Crippen LogP contribution in [0.1, 0.15) is 18.1 Å². The summed E-state index contributed by atoms with van der Waals surface area (Å²) in [6.07, 6.45) is 1.01. The van der Waals surface area contributed by atoms with Gasteiger partial charge < -0.3 is 15.4 Å². The van der Waals surface area contributed by atoms with Crippen molar-refractivity contribution in [1.82, 2.24) is 0 Å². The lowest BCUT2D eigenvalue weighted by Crippen LogP contribution is -2.19. The summed E-state index contributed by atoms with van der Waals surface area (Å²) in [5, 5.41) is 5.61. The van der Waals surface area contributed by atoms with Crippen LogP contribution >= 0.6 is 0 Å². The largest absolute Gasteiger partial charge is 0.457 e. The number of aryl methyl sites for hydroxylation is 2. The maximum absolute atomic E-state index is 12.0. The number of benzene rings is 3. The first-order valence-electron chi connectivity index (χ1n) is 8.64. The van der Waals surface area contributed by atoms with E-state index in [4.69, 9.17) is 4.74 Å². The molecule has 0 saturated carbocycles. The highest BCUT2D eigenvalue weighted by Crippen LogP contribution is 2.23. The molecule has 0 fully saturated rings. The van der Waals surface area contributed by atoms with Gasteiger partial charge in [-0.25, -0.2) is 4.79 Å². The molecular weight excluding hydrogens is 324 g/mol. The summed E-state index contributed by atoms with van der Waals surface area (Å²) in [6, 6.07) is 22.7. The Morgan fingerprint density at radius 2 is 1.23 bits per heavy atom. The van der Waals surface area contributed by atoms with Gasteiger partial charge >= 0.3 is 6.03 Å². The maximum atomic E-state index is 12.0. The molecule has 0 saturated heterocycles. The summed E-state index contributed by atoms with van der Waals surface area (Å²) >= 11 is 0. The monoisotopic (exact) mass is 346 g/mol. The van der Waals surface area contributed by atoms with Crippen molar-refractivity contribution in [2.24, 2.45) is 0 Å². The average Bonchev–Trinajstić information content (AvgIpc) is 2.66. The van der Waals surface area contributed by atoms with Crippen molar-refractivity contribution >= 4 is 17.4 Å². The predicted octanol–water partition coefficient (Wildman–Crippen LogP) is 5.99. The molecule has 4 heteroatoms. The second-order valence-corrected chi connectivity index (χ2v) is 6.07. The second kappa shape index (κ2) is 8.21. The molecule has 0 aliphatic heterocycles. The number of hydrogen-bond donors (Lipinski definition) is 2. The zero-order valence-electron chi connectivity index (χ0n) is 15.0. The molecule has 0 unspecified atom stereocenters. The molecule has 3 aromatic carbocycles. The Bertz CT molecular complexity index is 854. The average molecular weight is 346 g/mol. The lowest BCUT2D eigenvalue weighted by atomic mass is 10.2. The van der Waals surface area contributed by atoms with Crippen LogP contribution in [-0.4, -0.2) is 6.03 Å². The van der Waals surface area contributed by atoms with Gasteiger partial charge in [-0.3, -0.25) is 0 Å². The number of hydrogen-bond acceptors (Lipinski definition) is 2. The van der Waals surface area contributed by atoms with Crippen LogP contribution in [0.4, 0.5) is 16.2 Å². The van der Waals surface area contributed by atoms with Crippen molar-refractivity contribution in [1.29, 1.82) is 0 Å². The third-order valence-corrected chi connectivity index (χ3v) is 3.99. The van der Waals surface area contributed by atoms with E-state index in [-0.39, 0.29) is 6.03 Å². The van der Waals surface area contributed by atoms with Crippen molar-refractivity contribution in [3.05, 3.63) is 83.9 Å². The molecule has 0 bridgehead atoms. The Morgan fingerprint density at radius 1 is 0.769 bits per heavy atom. The van der Waals surface area contributed by atoms with Gasteiger partial charge in [0.2, 0.25) is 0 Å². The van der Waals surface area contributed by atoms with Gasteiger partial charge in [-0.15, -0.1) is 0 Å². The van der Waals surface area contributed by atoms with Crippen molar-refractivity contribution in [2.75, 3.05) is 10.6 Å². The fourth-order valence-electron chi connectivity index (χ4n) is 2.47.